The first-order chi connectivity index (χ1) is 21.9. The summed E-state index contributed by atoms with van der Waals surface area (Å²) in [6.07, 6.45) is 1.02. The van der Waals surface area contributed by atoms with E-state index in [2.05, 4.69) is 5.32 Å². The molecular formula is C34H45N3O8S. The highest BCUT2D eigenvalue weighted by Crippen LogP contribution is 2.38. The fourth-order valence-corrected chi connectivity index (χ4v) is 6.29. The van der Waals surface area contributed by atoms with Gasteiger partial charge in [-0.25, -0.2) is 8.42 Å². The molecule has 0 saturated carbocycles. The van der Waals surface area contributed by atoms with Gasteiger partial charge in [0.05, 0.1) is 39.0 Å². The van der Waals surface area contributed by atoms with Gasteiger partial charge in [0.2, 0.25) is 11.8 Å². The van der Waals surface area contributed by atoms with Crippen LogP contribution < -0.4 is 28.6 Å². The number of aryl methyl sites for hydroxylation is 1. The molecule has 3 aromatic rings. The molecule has 1 N–H and O–H groups in total. The average Bonchev–Trinajstić information content (AvgIpc) is 3.06. The Hall–Kier alpha value is -4.45. The molecule has 3 rings (SSSR count). The van der Waals surface area contributed by atoms with Crippen LogP contribution in [0.2, 0.25) is 0 Å². The number of hydrogen-bond donors (Lipinski definition) is 1. The predicted molar refractivity (Wildman–Crippen MR) is 177 cm³/mol. The number of hydrogen-bond acceptors (Lipinski definition) is 8. The lowest BCUT2D eigenvalue weighted by Crippen LogP contribution is -2.53. The van der Waals surface area contributed by atoms with Crippen molar-refractivity contribution in [2.75, 3.05) is 39.3 Å². The van der Waals surface area contributed by atoms with E-state index in [1.54, 1.807) is 12.1 Å². The monoisotopic (exact) mass is 655 g/mol. The molecule has 2 amide bonds. The zero-order valence-electron chi connectivity index (χ0n) is 27.8. The number of carbonyl (C=O) groups is 2. The molecule has 0 aliphatic carbocycles. The summed E-state index contributed by atoms with van der Waals surface area (Å²) in [7, 11) is 1.27. The molecule has 2 atom stereocenters. The van der Waals surface area contributed by atoms with Crippen molar-refractivity contribution < 1.29 is 37.0 Å². The Kier molecular flexibility index (Phi) is 12.7. The summed E-state index contributed by atoms with van der Waals surface area (Å²) < 4.78 is 51.5. The molecule has 0 unspecified atom stereocenters. The van der Waals surface area contributed by atoms with Crippen LogP contribution in [0.5, 0.6) is 23.0 Å². The SMILES string of the molecule is CC[C@@H](C)NC(=O)[C@@H](CC)N(Cc1ccc(C)cc1)C(=O)CN(c1cc(OC)ccc1OC)S(=O)(=O)c1ccc(OC)c(OC)c1. The van der Waals surface area contributed by atoms with Gasteiger partial charge in [0.25, 0.3) is 10.0 Å². The van der Waals surface area contributed by atoms with Gasteiger partial charge in [-0.3, -0.25) is 13.9 Å². The van der Waals surface area contributed by atoms with Crippen molar-refractivity contribution in [3.63, 3.8) is 0 Å². The van der Waals surface area contributed by atoms with E-state index in [1.165, 1.54) is 57.6 Å². The highest BCUT2D eigenvalue weighted by atomic mass is 32.2. The summed E-state index contributed by atoms with van der Waals surface area (Å²) in [5.41, 5.74) is 1.92. The number of ether oxygens (including phenoxy) is 4. The van der Waals surface area contributed by atoms with Crippen molar-refractivity contribution >= 4 is 27.5 Å². The van der Waals surface area contributed by atoms with E-state index in [0.29, 0.717) is 24.3 Å². The van der Waals surface area contributed by atoms with Gasteiger partial charge in [-0.15, -0.1) is 0 Å². The summed E-state index contributed by atoms with van der Waals surface area (Å²) >= 11 is 0. The average molecular weight is 656 g/mol. The van der Waals surface area contributed by atoms with E-state index in [1.807, 2.05) is 52.0 Å². The van der Waals surface area contributed by atoms with Gasteiger partial charge in [-0.05, 0) is 56.5 Å². The Labute approximate surface area is 272 Å². The van der Waals surface area contributed by atoms with E-state index in [-0.39, 0.29) is 40.6 Å². The molecule has 0 heterocycles. The zero-order chi connectivity index (χ0) is 34.0. The van der Waals surface area contributed by atoms with Crippen LogP contribution in [-0.2, 0) is 26.2 Å². The quantitative estimate of drug-likeness (QED) is 0.230. The number of amides is 2. The van der Waals surface area contributed by atoms with Crippen LogP contribution in [0.3, 0.4) is 0 Å². The summed E-state index contributed by atoms with van der Waals surface area (Å²) in [4.78, 5) is 29.3. The third kappa shape index (κ3) is 8.42. The lowest BCUT2D eigenvalue weighted by molar-refractivity contribution is -0.140. The maximum Gasteiger partial charge on any atom is 0.265 e. The largest absolute Gasteiger partial charge is 0.497 e. The van der Waals surface area contributed by atoms with Gasteiger partial charge in [-0.2, -0.15) is 0 Å². The number of sulfonamides is 1. The molecule has 0 aromatic heterocycles. The summed E-state index contributed by atoms with van der Waals surface area (Å²) in [6, 6.07) is 15.5. The number of methoxy groups -OCH3 is 4. The van der Waals surface area contributed by atoms with Crippen molar-refractivity contribution in [3.8, 4) is 23.0 Å². The van der Waals surface area contributed by atoms with Crippen molar-refractivity contribution in [1.29, 1.82) is 0 Å². The van der Waals surface area contributed by atoms with Gasteiger partial charge in [0.15, 0.2) is 11.5 Å². The number of rotatable bonds is 16. The second-order valence-electron chi connectivity index (χ2n) is 10.8. The molecule has 0 radical (unpaired) electrons. The third-order valence-electron chi connectivity index (χ3n) is 7.74. The molecule has 11 nitrogen and oxygen atoms in total. The fourth-order valence-electron chi connectivity index (χ4n) is 4.86. The van der Waals surface area contributed by atoms with Gasteiger partial charge in [0, 0.05) is 24.7 Å². The third-order valence-corrected chi connectivity index (χ3v) is 9.49. The number of benzene rings is 3. The van der Waals surface area contributed by atoms with Crippen LogP contribution in [0.15, 0.2) is 65.6 Å². The fraction of sp³-hybridized carbons (Fsp3) is 0.412. The van der Waals surface area contributed by atoms with Crippen LogP contribution in [0.4, 0.5) is 5.69 Å². The predicted octanol–water partition coefficient (Wildman–Crippen LogP) is 4.95. The van der Waals surface area contributed by atoms with Crippen molar-refractivity contribution in [1.82, 2.24) is 10.2 Å². The van der Waals surface area contributed by atoms with Crippen LogP contribution in [0, 0.1) is 6.92 Å². The van der Waals surface area contributed by atoms with Gasteiger partial charge in [-0.1, -0.05) is 43.7 Å². The summed E-state index contributed by atoms with van der Waals surface area (Å²) in [6.45, 7) is 7.08. The van der Waals surface area contributed by atoms with Crippen LogP contribution in [0.25, 0.3) is 0 Å². The molecule has 0 saturated heterocycles. The molecule has 0 spiro atoms. The lowest BCUT2D eigenvalue weighted by Gasteiger charge is -2.34. The molecule has 250 valence electrons. The molecule has 0 bridgehead atoms. The van der Waals surface area contributed by atoms with Gasteiger partial charge < -0.3 is 29.2 Å². The second-order valence-corrected chi connectivity index (χ2v) is 12.7. The molecular weight excluding hydrogens is 610 g/mol. The molecule has 0 aliphatic rings. The molecule has 3 aromatic carbocycles. The minimum Gasteiger partial charge on any atom is -0.497 e. The summed E-state index contributed by atoms with van der Waals surface area (Å²) in [5, 5.41) is 2.98. The van der Waals surface area contributed by atoms with Crippen molar-refractivity contribution in [2.45, 2.75) is 64.1 Å². The van der Waals surface area contributed by atoms with Crippen molar-refractivity contribution in [2.24, 2.45) is 0 Å². The minimum absolute atomic E-state index is 0.0809. The molecule has 12 heteroatoms. The van der Waals surface area contributed by atoms with E-state index < -0.39 is 28.5 Å². The standard InChI is InChI=1S/C34H45N3O8S/c1-9-24(4)35-34(39)28(10-2)36(21-25-13-11-23(3)12-14-25)33(38)22-37(29-19-26(42-5)15-17-30(29)43-6)46(40,41)27-16-18-31(44-7)32(20-27)45-8/h11-20,24,28H,9-10,21-22H2,1-8H3,(H,35,39)/t24-,28-/m1/s1. The van der Waals surface area contributed by atoms with Crippen LogP contribution >= 0.6 is 0 Å². The van der Waals surface area contributed by atoms with Gasteiger partial charge in [0.1, 0.15) is 24.1 Å². The normalized spacial score (nSPS) is 12.4. The summed E-state index contributed by atoms with van der Waals surface area (Å²) in [5.74, 6) is 0.189. The molecule has 0 fully saturated rings. The second kappa shape index (κ2) is 16.2. The number of carbonyl (C=O) groups excluding carboxylic acids is 2. The Balaban J connectivity index is 2.19. The number of anilines is 1. The number of nitrogens with one attached hydrogen (secondary N) is 1. The van der Waals surface area contributed by atoms with Gasteiger partial charge >= 0.3 is 0 Å². The molecule has 46 heavy (non-hydrogen) atoms. The highest BCUT2D eigenvalue weighted by molar-refractivity contribution is 7.92. The number of nitrogens with zero attached hydrogens (tertiary/aromatic N) is 2. The van der Waals surface area contributed by atoms with Crippen LogP contribution in [0.1, 0.15) is 44.7 Å². The Morgan fingerprint density at radius 3 is 2.00 bits per heavy atom. The highest BCUT2D eigenvalue weighted by Gasteiger charge is 2.35. The smallest absolute Gasteiger partial charge is 0.265 e. The topological polar surface area (TPSA) is 124 Å². The minimum atomic E-state index is -4.44. The Morgan fingerprint density at radius 1 is 0.804 bits per heavy atom. The van der Waals surface area contributed by atoms with Crippen LogP contribution in [-0.4, -0.2) is 72.2 Å². The molecule has 0 aliphatic heterocycles. The van der Waals surface area contributed by atoms with E-state index in [9.17, 15) is 18.0 Å². The van der Waals surface area contributed by atoms with Crippen molar-refractivity contribution in [3.05, 3.63) is 71.8 Å². The zero-order valence-corrected chi connectivity index (χ0v) is 28.6. The lowest BCUT2D eigenvalue weighted by atomic mass is 10.1. The Bertz CT molecular complexity index is 1590. The van der Waals surface area contributed by atoms with E-state index in [4.69, 9.17) is 18.9 Å². The maximum atomic E-state index is 14.5. The first-order valence-electron chi connectivity index (χ1n) is 15.1. The maximum absolute atomic E-state index is 14.5. The van der Waals surface area contributed by atoms with E-state index in [0.717, 1.165) is 15.4 Å². The first-order valence-corrected chi connectivity index (χ1v) is 16.5. The first kappa shape index (κ1) is 36.0. The Morgan fingerprint density at radius 2 is 1.43 bits per heavy atom. The van der Waals surface area contributed by atoms with E-state index >= 15 is 0 Å².